The van der Waals surface area contributed by atoms with Gasteiger partial charge in [-0.1, -0.05) is 26.2 Å². The van der Waals surface area contributed by atoms with Gasteiger partial charge in [0.1, 0.15) is 6.10 Å². The molecule has 1 saturated carbocycles. The fourth-order valence-corrected chi connectivity index (χ4v) is 3.29. The Morgan fingerprint density at radius 1 is 1.32 bits per heavy atom. The topological polar surface area (TPSA) is 73.6 Å². The Morgan fingerprint density at radius 3 is 2.55 bits per heavy atom. The first-order chi connectivity index (χ1) is 9.97. The molecule has 1 aliphatic carbocycles. The van der Waals surface area contributed by atoms with E-state index >= 15 is 0 Å². The molecule has 0 aromatic rings. The third kappa shape index (κ3) is 5.08. The van der Waals surface area contributed by atoms with E-state index in [0.29, 0.717) is 19.6 Å². The van der Waals surface area contributed by atoms with Gasteiger partial charge >= 0.3 is 0 Å². The fourth-order valence-electron chi connectivity index (χ4n) is 3.29. The van der Waals surface area contributed by atoms with Crippen molar-refractivity contribution in [1.82, 2.24) is 5.32 Å². The van der Waals surface area contributed by atoms with E-state index in [1.54, 1.807) is 6.92 Å². The van der Waals surface area contributed by atoms with E-state index < -0.39 is 5.54 Å². The minimum Gasteiger partial charge on any atom is -0.352 e. The second-order valence-electron chi connectivity index (χ2n) is 6.75. The van der Waals surface area contributed by atoms with Crippen molar-refractivity contribution in [2.75, 3.05) is 13.2 Å². The van der Waals surface area contributed by atoms with Gasteiger partial charge in [0.15, 0.2) is 5.79 Å². The Hall–Kier alpha value is -0.360. The van der Waals surface area contributed by atoms with Gasteiger partial charge in [0.2, 0.25) is 5.91 Å². The lowest BCUT2D eigenvalue weighted by Gasteiger charge is -2.27. The van der Waals surface area contributed by atoms with Gasteiger partial charge in [-0.2, -0.15) is 0 Å². The Morgan fingerprint density at radius 2 is 1.95 bits per heavy atom. The Labute approximate surface area is 140 Å². The highest BCUT2D eigenvalue weighted by molar-refractivity contribution is 5.85. The summed E-state index contributed by atoms with van der Waals surface area (Å²) in [6, 6.07) is 0. The van der Waals surface area contributed by atoms with Crippen LogP contribution in [0.25, 0.3) is 0 Å². The minimum atomic E-state index is -0.797. The molecular weight excluding hydrogens is 304 g/mol. The van der Waals surface area contributed by atoms with Gasteiger partial charge in [0.05, 0.1) is 12.1 Å². The maximum Gasteiger partial charge on any atom is 0.239 e. The molecule has 3 N–H and O–H groups in total. The van der Waals surface area contributed by atoms with Crippen molar-refractivity contribution in [1.29, 1.82) is 0 Å². The predicted molar refractivity (Wildman–Crippen MR) is 89.0 cm³/mol. The van der Waals surface area contributed by atoms with Crippen molar-refractivity contribution in [3.63, 3.8) is 0 Å². The van der Waals surface area contributed by atoms with E-state index in [1.807, 2.05) is 6.92 Å². The number of hydrogen-bond acceptors (Lipinski definition) is 4. The first-order valence-electron chi connectivity index (χ1n) is 8.36. The van der Waals surface area contributed by atoms with Gasteiger partial charge in [-0.25, -0.2) is 0 Å². The zero-order valence-electron chi connectivity index (χ0n) is 13.9. The van der Waals surface area contributed by atoms with Crippen molar-refractivity contribution in [3.05, 3.63) is 0 Å². The number of carbonyl (C=O) groups is 1. The van der Waals surface area contributed by atoms with Gasteiger partial charge in [-0.05, 0) is 26.2 Å². The summed E-state index contributed by atoms with van der Waals surface area (Å²) >= 11 is 0. The van der Waals surface area contributed by atoms with Crippen LogP contribution < -0.4 is 11.1 Å². The number of carbonyl (C=O) groups excluding carboxylic acids is 1. The van der Waals surface area contributed by atoms with Crippen LogP contribution in [0.15, 0.2) is 0 Å². The highest BCUT2D eigenvalue weighted by Gasteiger charge is 2.41. The molecule has 0 aromatic heterocycles. The molecule has 1 heterocycles. The van der Waals surface area contributed by atoms with Crippen LogP contribution in [-0.4, -0.2) is 36.5 Å². The molecule has 22 heavy (non-hydrogen) atoms. The summed E-state index contributed by atoms with van der Waals surface area (Å²) in [6.45, 7) is 4.86. The van der Waals surface area contributed by atoms with Gasteiger partial charge in [0.25, 0.3) is 0 Å². The van der Waals surface area contributed by atoms with E-state index in [0.717, 1.165) is 32.1 Å². The average molecular weight is 335 g/mol. The number of rotatable bonds is 5. The SMILES string of the molecule is CCCC(C)(N)C(=O)NCC1COC2(CCCCCC2)O1.Cl. The van der Waals surface area contributed by atoms with Crippen LogP contribution in [0.4, 0.5) is 0 Å². The molecule has 130 valence electrons. The molecule has 2 unspecified atom stereocenters. The average Bonchev–Trinajstić information content (AvgIpc) is 2.68. The van der Waals surface area contributed by atoms with Crippen LogP contribution in [0.5, 0.6) is 0 Å². The molecule has 6 heteroatoms. The summed E-state index contributed by atoms with van der Waals surface area (Å²) < 4.78 is 12.0. The highest BCUT2D eigenvalue weighted by Crippen LogP contribution is 2.36. The summed E-state index contributed by atoms with van der Waals surface area (Å²) in [7, 11) is 0. The lowest BCUT2D eigenvalue weighted by molar-refractivity contribution is -0.175. The van der Waals surface area contributed by atoms with Gasteiger partial charge in [-0.15, -0.1) is 12.4 Å². The van der Waals surface area contributed by atoms with Gasteiger partial charge in [0, 0.05) is 19.4 Å². The normalized spacial score (nSPS) is 26.8. The van der Waals surface area contributed by atoms with Gasteiger partial charge < -0.3 is 20.5 Å². The van der Waals surface area contributed by atoms with Gasteiger partial charge in [-0.3, -0.25) is 4.79 Å². The van der Waals surface area contributed by atoms with Crippen molar-refractivity contribution < 1.29 is 14.3 Å². The summed E-state index contributed by atoms with van der Waals surface area (Å²) in [6.07, 6.45) is 8.33. The van der Waals surface area contributed by atoms with Crippen molar-refractivity contribution in [2.24, 2.45) is 5.73 Å². The number of nitrogens with one attached hydrogen (secondary N) is 1. The summed E-state index contributed by atoms with van der Waals surface area (Å²) in [5.74, 6) is -0.490. The third-order valence-electron chi connectivity index (χ3n) is 4.56. The minimum absolute atomic E-state index is 0. The summed E-state index contributed by atoms with van der Waals surface area (Å²) in [5.41, 5.74) is 5.23. The molecule has 2 fully saturated rings. The van der Waals surface area contributed by atoms with Crippen molar-refractivity contribution in [3.8, 4) is 0 Å². The highest BCUT2D eigenvalue weighted by atomic mass is 35.5. The maximum atomic E-state index is 12.1. The molecule has 0 aromatic carbocycles. The molecule has 2 aliphatic rings. The number of hydrogen-bond donors (Lipinski definition) is 2. The van der Waals surface area contributed by atoms with Crippen LogP contribution in [0, 0.1) is 0 Å². The first kappa shape index (κ1) is 19.7. The van der Waals surface area contributed by atoms with Crippen molar-refractivity contribution >= 4 is 18.3 Å². The molecule has 1 saturated heterocycles. The first-order valence-corrected chi connectivity index (χ1v) is 8.36. The lowest BCUT2D eigenvalue weighted by atomic mass is 9.96. The third-order valence-corrected chi connectivity index (χ3v) is 4.56. The molecule has 0 radical (unpaired) electrons. The number of nitrogens with two attached hydrogens (primary N) is 1. The standard InChI is InChI=1S/C16H30N2O3.ClH/c1-3-8-15(2,17)14(19)18-11-13-12-20-16(21-13)9-6-4-5-7-10-16;/h13H,3-12,17H2,1-2H3,(H,18,19);1H. The van der Waals surface area contributed by atoms with E-state index in [2.05, 4.69) is 5.32 Å². The maximum absolute atomic E-state index is 12.1. The molecule has 5 nitrogen and oxygen atoms in total. The van der Waals surface area contributed by atoms with Crippen LogP contribution in [0.1, 0.15) is 65.2 Å². The molecule has 2 atom stereocenters. The fraction of sp³-hybridized carbons (Fsp3) is 0.938. The molecular formula is C16H31ClN2O3. The number of halogens is 1. The van der Waals surface area contributed by atoms with Crippen LogP contribution >= 0.6 is 12.4 Å². The van der Waals surface area contributed by atoms with Crippen LogP contribution in [0.3, 0.4) is 0 Å². The number of ether oxygens (including phenoxy) is 2. The second-order valence-corrected chi connectivity index (χ2v) is 6.75. The summed E-state index contributed by atoms with van der Waals surface area (Å²) in [4.78, 5) is 12.1. The largest absolute Gasteiger partial charge is 0.352 e. The zero-order chi connectivity index (χ0) is 15.3. The van der Waals surface area contributed by atoms with E-state index in [1.165, 1.54) is 12.8 Å². The number of amides is 1. The van der Waals surface area contributed by atoms with Crippen molar-refractivity contribution in [2.45, 2.75) is 82.6 Å². The molecule has 2 rings (SSSR count). The quantitative estimate of drug-likeness (QED) is 0.810. The van der Waals surface area contributed by atoms with E-state index in [4.69, 9.17) is 15.2 Å². The lowest BCUT2D eigenvalue weighted by Crippen LogP contribution is -2.53. The smallest absolute Gasteiger partial charge is 0.239 e. The molecule has 1 amide bonds. The predicted octanol–water partition coefficient (Wildman–Crippen LogP) is 2.51. The monoisotopic (exact) mass is 334 g/mol. The molecule has 1 spiro atoms. The second kappa shape index (κ2) is 8.48. The Bertz CT molecular complexity index is 355. The Balaban J connectivity index is 0.00000242. The van der Waals surface area contributed by atoms with E-state index in [-0.39, 0.29) is 30.2 Å². The Kier molecular flexibility index (Phi) is 7.59. The van der Waals surface area contributed by atoms with Crippen LogP contribution in [-0.2, 0) is 14.3 Å². The molecule has 0 bridgehead atoms. The summed E-state index contributed by atoms with van der Waals surface area (Å²) in [5, 5.41) is 2.92. The molecule has 1 aliphatic heterocycles. The zero-order valence-corrected chi connectivity index (χ0v) is 14.7. The van der Waals surface area contributed by atoms with Crippen LogP contribution in [0.2, 0.25) is 0 Å². The van der Waals surface area contributed by atoms with E-state index in [9.17, 15) is 4.79 Å².